The molecule has 1 unspecified atom stereocenters. The van der Waals surface area contributed by atoms with Crippen LogP contribution in [0.1, 0.15) is 0 Å². The van der Waals surface area contributed by atoms with Crippen LogP contribution in [0.5, 0.6) is 0 Å². The van der Waals surface area contributed by atoms with Crippen molar-refractivity contribution in [2.75, 3.05) is 6.54 Å². The number of carboxylic acid groups (broad SMARTS) is 1. The zero-order valence-electron chi connectivity index (χ0n) is 4.10. The van der Waals surface area contributed by atoms with Crippen molar-refractivity contribution >= 4 is 5.97 Å². The number of alkyl halides is 1. The molecule has 48 valence electrons. The third-order valence-electron chi connectivity index (χ3n) is 0.653. The van der Waals surface area contributed by atoms with Gasteiger partial charge in [0.05, 0.1) is 6.54 Å². The van der Waals surface area contributed by atoms with E-state index in [-0.39, 0.29) is 0 Å². The first-order valence-corrected chi connectivity index (χ1v) is 1.92. The SMILES string of the molecule is NCC(N)(F)C(=O)O. The van der Waals surface area contributed by atoms with Gasteiger partial charge in [0.1, 0.15) is 0 Å². The summed E-state index contributed by atoms with van der Waals surface area (Å²) in [4.78, 5) is 9.67. The molecule has 5 heteroatoms. The zero-order valence-corrected chi connectivity index (χ0v) is 4.10. The molecule has 0 aromatic rings. The second-order valence-corrected chi connectivity index (χ2v) is 1.37. The highest BCUT2D eigenvalue weighted by atomic mass is 19.1. The van der Waals surface area contributed by atoms with Crippen LogP contribution in [0.4, 0.5) is 4.39 Å². The molecular formula is C3H7FN2O2. The molecule has 0 fully saturated rings. The molecule has 0 amide bonds. The maximum atomic E-state index is 12.0. The van der Waals surface area contributed by atoms with Crippen molar-refractivity contribution in [3.05, 3.63) is 0 Å². The number of nitrogens with two attached hydrogens (primary N) is 2. The fraction of sp³-hybridized carbons (Fsp3) is 0.667. The van der Waals surface area contributed by atoms with E-state index in [1.165, 1.54) is 0 Å². The molecule has 8 heavy (non-hydrogen) atoms. The third-order valence-corrected chi connectivity index (χ3v) is 0.653. The van der Waals surface area contributed by atoms with E-state index in [0.29, 0.717) is 0 Å². The smallest absolute Gasteiger partial charge is 0.357 e. The Kier molecular flexibility index (Phi) is 1.88. The van der Waals surface area contributed by atoms with Gasteiger partial charge in [0, 0.05) is 0 Å². The molecule has 4 nitrogen and oxygen atoms in total. The number of rotatable bonds is 2. The van der Waals surface area contributed by atoms with Crippen molar-refractivity contribution in [1.82, 2.24) is 0 Å². The highest BCUT2D eigenvalue weighted by Crippen LogP contribution is 1.97. The minimum absolute atomic E-state index is 0.706. The van der Waals surface area contributed by atoms with E-state index >= 15 is 0 Å². The lowest BCUT2D eigenvalue weighted by molar-refractivity contribution is -0.149. The quantitative estimate of drug-likeness (QED) is 0.395. The summed E-state index contributed by atoms with van der Waals surface area (Å²) in [5.41, 5.74) is 9.09. The average Bonchev–Trinajstić information content (AvgIpc) is 1.67. The van der Waals surface area contributed by atoms with Crippen LogP contribution < -0.4 is 11.5 Å². The van der Waals surface area contributed by atoms with Crippen LogP contribution >= 0.6 is 0 Å². The van der Waals surface area contributed by atoms with Gasteiger partial charge in [-0.15, -0.1) is 0 Å². The Morgan fingerprint density at radius 3 is 2.25 bits per heavy atom. The number of carboxylic acids is 1. The van der Waals surface area contributed by atoms with Gasteiger partial charge in [0.25, 0.3) is 5.79 Å². The van der Waals surface area contributed by atoms with Crippen molar-refractivity contribution in [3.63, 3.8) is 0 Å². The maximum Gasteiger partial charge on any atom is 0.357 e. The van der Waals surface area contributed by atoms with E-state index in [2.05, 4.69) is 11.5 Å². The summed E-state index contributed by atoms with van der Waals surface area (Å²) >= 11 is 0. The first kappa shape index (κ1) is 7.32. The Bertz CT molecular complexity index is 103. The molecule has 0 aromatic carbocycles. The summed E-state index contributed by atoms with van der Waals surface area (Å²) in [6.45, 7) is -0.706. The molecule has 0 aliphatic rings. The van der Waals surface area contributed by atoms with Gasteiger partial charge in [-0.05, 0) is 0 Å². The summed E-state index contributed by atoms with van der Waals surface area (Å²) in [5.74, 6) is -4.50. The minimum Gasteiger partial charge on any atom is -0.478 e. The number of halogens is 1. The first-order chi connectivity index (χ1) is 3.50. The molecule has 0 radical (unpaired) electrons. The van der Waals surface area contributed by atoms with Crippen molar-refractivity contribution < 1.29 is 14.3 Å². The van der Waals surface area contributed by atoms with E-state index in [4.69, 9.17) is 5.11 Å². The van der Waals surface area contributed by atoms with Crippen LogP contribution in [0, 0.1) is 0 Å². The molecule has 0 heterocycles. The lowest BCUT2D eigenvalue weighted by Gasteiger charge is -2.09. The molecule has 0 saturated heterocycles. The van der Waals surface area contributed by atoms with Gasteiger partial charge in [-0.1, -0.05) is 0 Å². The van der Waals surface area contributed by atoms with Gasteiger partial charge in [0.15, 0.2) is 0 Å². The van der Waals surface area contributed by atoms with E-state index < -0.39 is 18.3 Å². The Morgan fingerprint density at radius 2 is 2.25 bits per heavy atom. The molecule has 0 aliphatic heterocycles. The maximum absolute atomic E-state index is 12.0. The second kappa shape index (κ2) is 2.06. The van der Waals surface area contributed by atoms with Crippen molar-refractivity contribution in [1.29, 1.82) is 0 Å². The third kappa shape index (κ3) is 1.43. The highest BCUT2D eigenvalue weighted by molar-refractivity contribution is 5.76. The van der Waals surface area contributed by atoms with Gasteiger partial charge < -0.3 is 10.8 Å². The molecule has 0 spiro atoms. The molecule has 0 bridgehead atoms. The number of hydrogen-bond donors (Lipinski definition) is 3. The summed E-state index contributed by atoms with van der Waals surface area (Å²) in [6, 6.07) is 0. The number of aliphatic carboxylic acids is 1. The predicted molar refractivity (Wildman–Crippen MR) is 24.7 cm³/mol. The number of hydrogen-bond acceptors (Lipinski definition) is 3. The van der Waals surface area contributed by atoms with Crippen LogP contribution in [0.15, 0.2) is 0 Å². The molecule has 5 N–H and O–H groups in total. The normalized spacial score (nSPS) is 17.4. The zero-order chi connectivity index (χ0) is 6.78. The minimum atomic E-state index is -2.76. The van der Waals surface area contributed by atoms with Crippen LogP contribution in [0.2, 0.25) is 0 Å². The Labute approximate surface area is 45.3 Å². The van der Waals surface area contributed by atoms with Gasteiger partial charge in [-0.2, -0.15) is 0 Å². The average molecular weight is 122 g/mol. The second-order valence-electron chi connectivity index (χ2n) is 1.37. The molecular weight excluding hydrogens is 115 g/mol. The first-order valence-electron chi connectivity index (χ1n) is 1.92. The molecule has 1 atom stereocenters. The molecule has 0 rings (SSSR count). The lowest BCUT2D eigenvalue weighted by Crippen LogP contribution is -2.49. The van der Waals surface area contributed by atoms with Crippen LogP contribution in [-0.2, 0) is 4.79 Å². The van der Waals surface area contributed by atoms with Crippen LogP contribution in [0.25, 0.3) is 0 Å². The highest BCUT2D eigenvalue weighted by Gasteiger charge is 2.31. The fourth-order valence-electron chi connectivity index (χ4n) is 0.0873. The van der Waals surface area contributed by atoms with E-state index in [1.807, 2.05) is 0 Å². The summed E-state index contributed by atoms with van der Waals surface area (Å²) in [7, 11) is 0. The monoisotopic (exact) mass is 122 g/mol. The Balaban J connectivity index is 3.91. The van der Waals surface area contributed by atoms with Crippen molar-refractivity contribution in [2.45, 2.75) is 5.79 Å². The fourth-order valence-corrected chi connectivity index (χ4v) is 0.0873. The van der Waals surface area contributed by atoms with E-state index in [0.717, 1.165) is 0 Å². The van der Waals surface area contributed by atoms with Gasteiger partial charge in [0.2, 0.25) is 0 Å². The standard InChI is InChI=1S/C3H7FN2O2/c4-3(6,1-5)2(7)8/h1,5-6H2,(H,7,8). The van der Waals surface area contributed by atoms with Crippen LogP contribution in [-0.4, -0.2) is 23.4 Å². The summed E-state index contributed by atoms with van der Waals surface area (Å²) < 4.78 is 12.0. The van der Waals surface area contributed by atoms with Gasteiger partial charge in [-0.25, -0.2) is 9.18 Å². The van der Waals surface area contributed by atoms with Gasteiger partial charge in [-0.3, -0.25) is 5.73 Å². The number of carbonyl (C=O) groups is 1. The van der Waals surface area contributed by atoms with Gasteiger partial charge >= 0.3 is 5.97 Å². The molecule has 0 aliphatic carbocycles. The van der Waals surface area contributed by atoms with Crippen molar-refractivity contribution in [3.8, 4) is 0 Å². The molecule has 0 aromatic heterocycles. The van der Waals surface area contributed by atoms with Crippen molar-refractivity contribution in [2.24, 2.45) is 11.5 Å². The largest absolute Gasteiger partial charge is 0.478 e. The predicted octanol–water partition coefficient (Wildman–Crippen LogP) is -1.35. The summed E-state index contributed by atoms with van der Waals surface area (Å²) in [6.07, 6.45) is 0. The topological polar surface area (TPSA) is 89.3 Å². The summed E-state index contributed by atoms with van der Waals surface area (Å²) in [5, 5.41) is 7.86. The molecule has 0 saturated carbocycles. The Morgan fingerprint density at radius 1 is 1.88 bits per heavy atom. The van der Waals surface area contributed by atoms with E-state index in [1.54, 1.807) is 0 Å². The lowest BCUT2D eigenvalue weighted by atomic mass is 10.3. The van der Waals surface area contributed by atoms with Crippen LogP contribution in [0.3, 0.4) is 0 Å². The van der Waals surface area contributed by atoms with E-state index in [9.17, 15) is 9.18 Å². The Hall–Kier alpha value is -0.680.